The molecule has 0 radical (unpaired) electrons. The third-order valence-corrected chi connectivity index (χ3v) is 2.35. The fraction of sp³-hybridized carbons (Fsp3) is 0.917. The number of unbranched alkanes of at least 4 members (excludes halogenated alkanes) is 9. The molecule has 2 heteroatoms. The predicted molar refractivity (Wildman–Crippen MR) is 63.0 cm³/mol. The van der Waals surface area contributed by atoms with Crippen molar-refractivity contribution in [3.63, 3.8) is 0 Å². The van der Waals surface area contributed by atoms with E-state index in [2.05, 4.69) is 13.8 Å². The molecule has 0 unspecified atom stereocenters. The molecule has 0 atom stereocenters. The number of hydrogen-bond donors (Lipinski definition) is 0. The molecule has 0 N–H and O–H groups in total. The molecule has 14 heavy (non-hydrogen) atoms. The Morgan fingerprint density at radius 2 is 1.07 bits per heavy atom. The molecule has 0 aliphatic heterocycles. The zero-order valence-electron chi connectivity index (χ0n) is 9.86. The van der Waals surface area contributed by atoms with E-state index in [-0.39, 0.29) is 47.0 Å². The maximum absolute atomic E-state index is 3.84. The molecule has 0 saturated heterocycles. The smallest absolute Gasteiger partial charge is 1.00 e. The van der Waals surface area contributed by atoms with Crippen LogP contribution in [-0.2, 0) is 0 Å². The third kappa shape index (κ3) is 19.1. The van der Waals surface area contributed by atoms with Gasteiger partial charge in [-0.15, -0.1) is 0 Å². The summed E-state index contributed by atoms with van der Waals surface area (Å²) in [7, 11) is 0. The first-order valence-corrected chi connectivity index (χ1v) is 5.71. The van der Waals surface area contributed by atoms with Crippen molar-refractivity contribution in [1.82, 2.24) is 0 Å². The van der Waals surface area contributed by atoms with Gasteiger partial charge in [0.15, 0.2) is 0 Å². The topological polar surface area (TPSA) is 0 Å². The second kappa shape index (κ2) is 20.0. The van der Waals surface area contributed by atoms with Crippen LogP contribution in [0.15, 0.2) is 0 Å². The third-order valence-electron chi connectivity index (χ3n) is 2.35. The summed E-state index contributed by atoms with van der Waals surface area (Å²) in [5.74, 6) is 0. The van der Waals surface area contributed by atoms with E-state index in [9.17, 15) is 0 Å². The van der Waals surface area contributed by atoms with Crippen molar-refractivity contribution < 1.29 is 24.0 Å². The summed E-state index contributed by atoms with van der Waals surface area (Å²) < 4.78 is 0. The van der Waals surface area contributed by atoms with E-state index in [1.165, 1.54) is 57.8 Å². The summed E-state index contributed by atoms with van der Waals surface area (Å²) in [5.41, 5.74) is 0. The van der Waals surface area contributed by atoms with Gasteiger partial charge < -0.3 is 30.9 Å². The van der Waals surface area contributed by atoms with Crippen LogP contribution in [0.2, 0.25) is 0 Å². The average molecular weight is 321 g/mol. The summed E-state index contributed by atoms with van der Waals surface area (Å²) in [5, 5.41) is 0. The van der Waals surface area contributed by atoms with Gasteiger partial charge >= 0.3 is 23.1 Å². The summed E-state index contributed by atoms with van der Waals surface area (Å²) in [6, 6.07) is 0. The van der Waals surface area contributed by atoms with Crippen LogP contribution in [0.4, 0.5) is 0 Å². The van der Waals surface area contributed by atoms with Crippen molar-refractivity contribution >= 4 is 23.1 Å². The minimum Gasteiger partial charge on any atom is -1.00 e. The molecule has 0 rings (SSSR count). The number of halogens is 1. The Kier molecular flexibility index (Phi) is 29.8. The summed E-state index contributed by atoms with van der Waals surface area (Å²) in [6.45, 7) is 6.12. The molecule has 0 aromatic rings. The Morgan fingerprint density at radius 1 is 0.714 bits per heavy atom. The molecule has 0 nitrogen and oxygen atoms in total. The van der Waals surface area contributed by atoms with Crippen LogP contribution in [0.3, 0.4) is 0 Å². The minimum atomic E-state index is 0. The maximum Gasteiger partial charge on any atom is 2.00 e. The first-order chi connectivity index (χ1) is 5.91. The SMILES string of the molecule is [CH2-]CCCCCCCCCCC.[I-].[Mg+2]. The largest absolute Gasteiger partial charge is 2.00 e. The van der Waals surface area contributed by atoms with Crippen molar-refractivity contribution in [3.8, 4) is 0 Å². The zero-order chi connectivity index (χ0) is 9.07. The summed E-state index contributed by atoms with van der Waals surface area (Å²) >= 11 is 0. The van der Waals surface area contributed by atoms with Crippen molar-refractivity contribution in [2.24, 2.45) is 0 Å². The summed E-state index contributed by atoms with van der Waals surface area (Å²) in [6.07, 6.45) is 13.9. The van der Waals surface area contributed by atoms with Crippen molar-refractivity contribution in [3.05, 3.63) is 6.92 Å². The van der Waals surface area contributed by atoms with Crippen molar-refractivity contribution in [2.75, 3.05) is 0 Å². The van der Waals surface area contributed by atoms with Gasteiger partial charge in [0.1, 0.15) is 0 Å². The predicted octanol–water partition coefficient (Wildman–Crippen LogP) is 1.36. The molecule has 0 spiro atoms. The first-order valence-electron chi connectivity index (χ1n) is 5.71. The van der Waals surface area contributed by atoms with Gasteiger partial charge in [0.2, 0.25) is 0 Å². The molecule has 0 bridgehead atoms. The molecule has 0 amide bonds. The van der Waals surface area contributed by atoms with Crippen LogP contribution >= 0.6 is 0 Å². The Balaban J connectivity index is -0.000000605. The van der Waals surface area contributed by atoms with E-state index in [1.54, 1.807) is 0 Å². The van der Waals surface area contributed by atoms with Crippen LogP contribution in [0.25, 0.3) is 0 Å². The molecule has 0 aliphatic carbocycles. The van der Waals surface area contributed by atoms with E-state index in [1.807, 2.05) is 0 Å². The van der Waals surface area contributed by atoms with E-state index in [0.29, 0.717) is 0 Å². The van der Waals surface area contributed by atoms with Crippen LogP contribution in [-0.4, -0.2) is 23.1 Å². The van der Waals surface area contributed by atoms with Gasteiger partial charge in [-0.1, -0.05) is 64.7 Å². The van der Waals surface area contributed by atoms with Gasteiger partial charge in [0.05, 0.1) is 0 Å². The average Bonchev–Trinajstić information content (AvgIpc) is 2.10. The second-order valence-electron chi connectivity index (χ2n) is 3.68. The van der Waals surface area contributed by atoms with Crippen LogP contribution in [0.1, 0.15) is 71.1 Å². The van der Waals surface area contributed by atoms with Gasteiger partial charge in [-0.05, 0) is 0 Å². The van der Waals surface area contributed by atoms with Crippen LogP contribution < -0.4 is 24.0 Å². The molecule has 0 aliphatic rings. The van der Waals surface area contributed by atoms with Crippen LogP contribution in [0, 0.1) is 6.92 Å². The fourth-order valence-electron chi connectivity index (χ4n) is 1.49. The van der Waals surface area contributed by atoms with Crippen molar-refractivity contribution in [1.29, 1.82) is 0 Å². The van der Waals surface area contributed by atoms with E-state index < -0.39 is 0 Å². The molecule has 82 valence electrons. The molecular weight excluding hydrogens is 295 g/mol. The Bertz CT molecular complexity index is 66.7. The molecule has 0 aromatic heterocycles. The maximum atomic E-state index is 3.84. The second-order valence-corrected chi connectivity index (χ2v) is 3.68. The fourth-order valence-corrected chi connectivity index (χ4v) is 1.49. The minimum absolute atomic E-state index is 0. The Labute approximate surface area is 124 Å². The first kappa shape index (κ1) is 20.9. The van der Waals surface area contributed by atoms with E-state index in [0.717, 1.165) is 6.42 Å². The normalized spacial score (nSPS) is 9.00. The van der Waals surface area contributed by atoms with Crippen molar-refractivity contribution in [2.45, 2.75) is 71.1 Å². The zero-order valence-corrected chi connectivity index (χ0v) is 13.4. The van der Waals surface area contributed by atoms with Gasteiger partial charge in [-0.25, -0.2) is 0 Å². The van der Waals surface area contributed by atoms with Gasteiger partial charge in [-0.2, -0.15) is 6.42 Å². The number of rotatable bonds is 9. The monoisotopic (exact) mass is 320 g/mol. The van der Waals surface area contributed by atoms with Gasteiger partial charge in [0.25, 0.3) is 0 Å². The standard InChI is InChI=1S/C12H25.HI.Mg/c1-3-5-7-9-11-12-10-8-6-4-2;;/h1,3-12H2,2H3;1H;/q-1;;+2/p-1. The number of hydrogen-bond acceptors (Lipinski definition) is 0. The summed E-state index contributed by atoms with van der Waals surface area (Å²) in [4.78, 5) is 0. The molecule has 0 saturated carbocycles. The molecular formula is C12H25IMg. The van der Waals surface area contributed by atoms with E-state index >= 15 is 0 Å². The van der Waals surface area contributed by atoms with Gasteiger partial charge in [0, 0.05) is 0 Å². The van der Waals surface area contributed by atoms with E-state index in [4.69, 9.17) is 0 Å². The van der Waals surface area contributed by atoms with Gasteiger partial charge in [-0.3, -0.25) is 0 Å². The quantitative estimate of drug-likeness (QED) is 0.260. The van der Waals surface area contributed by atoms with Crippen LogP contribution in [0.5, 0.6) is 0 Å². The molecule has 0 fully saturated rings. The Morgan fingerprint density at radius 3 is 1.43 bits per heavy atom. The molecule has 0 aromatic carbocycles. The molecule has 0 heterocycles. The Hall–Kier alpha value is 1.50.